The summed E-state index contributed by atoms with van der Waals surface area (Å²) in [7, 11) is 2.11. The fourth-order valence-electron chi connectivity index (χ4n) is 2.31. The number of aromatic nitrogens is 2. The van der Waals surface area contributed by atoms with Gasteiger partial charge in [0.25, 0.3) is 0 Å². The van der Waals surface area contributed by atoms with Crippen LogP contribution in [0.1, 0.15) is 26.8 Å². The van der Waals surface area contributed by atoms with Crippen molar-refractivity contribution < 1.29 is 4.79 Å². The Morgan fingerprint density at radius 3 is 2.45 bits per heavy atom. The molecule has 2 rings (SSSR count). The second-order valence-corrected chi connectivity index (χ2v) is 5.81. The van der Waals surface area contributed by atoms with E-state index in [4.69, 9.17) is 0 Å². The monoisotopic (exact) mass is 279 g/mol. The second kappa shape index (κ2) is 6.37. The number of piperazine rings is 1. The molecule has 1 amide bonds. The van der Waals surface area contributed by atoms with Crippen molar-refractivity contribution in [2.75, 3.05) is 38.5 Å². The quantitative estimate of drug-likeness (QED) is 0.895. The molecule has 1 saturated heterocycles. The van der Waals surface area contributed by atoms with Crippen molar-refractivity contribution in [2.24, 2.45) is 0 Å². The van der Waals surface area contributed by atoms with Crippen LogP contribution < -0.4 is 5.32 Å². The van der Waals surface area contributed by atoms with Gasteiger partial charge in [0, 0.05) is 38.4 Å². The average Bonchev–Trinajstić information content (AvgIpc) is 2.87. The predicted octanol–water partition coefficient (Wildman–Crippen LogP) is 1.04. The third-order valence-corrected chi connectivity index (χ3v) is 3.86. The molecule has 0 spiro atoms. The van der Waals surface area contributed by atoms with Gasteiger partial charge in [0.2, 0.25) is 5.91 Å². The van der Waals surface area contributed by atoms with Crippen molar-refractivity contribution in [1.82, 2.24) is 19.6 Å². The largest absolute Gasteiger partial charge is 0.322 e. The third-order valence-electron chi connectivity index (χ3n) is 3.86. The zero-order valence-electron chi connectivity index (χ0n) is 12.8. The van der Waals surface area contributed by atoms with E-state index in [1.54, 1.807) is 6.20 Å². The van der Waals surface area contributed by atoms with E-state index >= 15 is 0 Å². The molecule has 20 heavy (non-hydrogen) atoms. The van der Waals surface area contributed by atoms with Crippen molar-refractivity contribution in [3.05, 3.63) is 12.4 Å². The number of likely N-dealkylation sites (N-methyl/N-ethyl adjacent to an activating group) is 1. The molecule has 1 aliphatic heterocycles. The lowest BCUT2D eigenvalue weighted by Gasteiger charge is -2.35. The van der Waals surface area contributed by atoms with Crippen LogP contribution in [0, 0.1) is 0 Å². The highest BCUT2D eigenvalue weighted by Gasteiger charge is 2.24. The van der Waals surface area contributed by atoms with Crippen molar-refractivity contribution >= 4 is 11.6 Å². The smallest absolute Gasteiger partial charge is 0.241 e. The number of hydrogen-bond donors (Lipinski definition) is 1. The Kier molecular flexibility index (Phi) is 4.77. The molecule has 0 saturated carbocycles. The molecule has 1 fully saturated rings. The van der Waals surface area contributed by atoms with Crippen LogP contribution in [0.5, 0.6) is 0 Å². The first kappa shape index (κ1) is 15.0. The molecule has 6 nitrogen and oxygen atoms in total. The molecule has 1 N–H and O–H groups in total. The van der Waals surface area contributed by atoms with E-state index in [-0.39, 0.29) is 11.9 Å². The highest BCUT2D eigenvalue weighted by atomic mass is 16.2. The minimum Gasteiger partial charge on any atom is -0.322 e. The first-order valence-corrected chi connectivity index (χ1v) is 7.25. The SMILES string of the molecule is CC(C(=O)Nc1cnn(C(C)C)c1)N1CCN(C)CC1. The number of nitrogens with zero attached hydrogens (tertiary/aromatic N) is 4. The molecule has 0 radical (unpaired) electrons. The maximum atomic E-state index is 12.3. The van der Waals surface area contributed by atoms with Crippen molar-refractivity contribution in [1.29, 1.82) is 0 Å². The van der Waals surface area contributed by atoms with E-state index in [1.807, 2.05) is 17.8 Å². The number of carbonyl (C=O) groups excluding carboxylic acids is 1. The number of amides is 1. The van der Waals surface area contributed by atoms with Crippen LogP contribution in [-0.4, -0.2) is 64.8 Å². The zero-order valence-corrected chi connectivity index (χ0v) is 12.8. The Hall–Kier alpha value is -1.40. The molecule has 112 valence electrons. The van der Waals surface area contributed by atoms with Crippen molar-refractivity contribution in [3.63, 3.8) is 0 Å². The summed E-state index contributed by atoms with van der Waals surface area (Å²) in [5.41, 5.74) is 0.768. The first-order valence-electron chi connectivity index (χ1n) is 7.25. The van der Waals surface area contributed by atoms with E-state index in [2.05, 4.69) is 41.1 Å². The van der Waals surface area contributed by atoms with Gasteiger partial charge in [0.15, 0.2) is 0 Å². The molecule has 6 heteroatoms. The van der Waals surface area contributed by atoms with E-state index in [9.17, 15) is 4.79 Å². The molecule has 0 bridgehead atoms. The molecule has 2 heterocycles. The Morgan fingerprint density at radius 1 is 1.25 bits per heavy atom. The number of anilines is 1. The maximum Gasteiger partial charge on any atom is 0.241 e. The normalized spacial score (nSPS) is 19.2. The van der Waals surface area contributed by atoms with Crippen LogP contribution in [0.4, 0.5) is 5.69 Å². The van der Waals surface area contributed by atoms with Gasteiger partial charge in [-0.25, -0.2) is 0 Å². The summed E-state index contributed by atoms with van der Waals surface area (Å²) in [6, 6.07) is 0.196. The summed E-state index contributed by atoms with van der Waals surface area (Å²) in [4.78, 5) is 16.8. The topological polar surface area (TPSA) is 53.4 Å². The molecule has 1 unspecified atom stereocenters. The highest BCUT2D eigenvalue weighted by Crippen LogP contribution is 2.12. The maximum absolute atomic E-state index is 12.3. The van der Waals surface area contributed by atoms with Crippen molar-refractivity contribution in [2.45, 2.75) is 32.9 Å². The van der Waals surface area contributed by atoms with Crippen LogP contribution in [-0.2, 0) is 4.79 Å². The van der Waals surface area contributed by atoms with Gasteiger partial charge < -0.3 is 10.2 Å². The number of hydrogen-bond acceptors (Lipinski definition) is 4. The standard InChI is InChI=1S/C14H25N5O/c1-11(2)19-10-13(9-15-19)16-14(20)12(3)18-7-5-17(4)6-8-18/h9-12H,5-8H2,1-4H3,(H,16,20). The van der Waals surface area contributed by atoms with E-state index < -0.39 is 0 Å². The molecule has 0 aromatic carbocycles. The Labute approximate surface area is 120 Å². The molecule has 1 atom stereocenters. The Morgan fingerprint density at radius 2 is 1.90 bits per heavy atom. The molecule has 1 aromatic heterocycles. The lowest BCUT2D eigenvalue weighted by Crippen LogP contribution is -2.51. The van der Waals surface area contributed by atoms with Gasteiger partial charge in [-0.2, -0.15) is 5.10 Å². The lowest BCUT2D eigenvalue weighted by atomic mass is 10.2. The molecule has 1 aliphatic rings. The molecular formula is C14H25N5O. The Balaban J connectivity index is 1.90. The Bertz CT molecular complexity index is 448. The van der Waals surface area contributed by atoms with Crippen molar-refractivity contribution in [3.8, 4) is 0 Å². The summed E-state index contributed by atoms with van der Waals surface area (Å²) in [5.74, 6) is 0.0397. The summed E-state index contributed by atoms with van der Waals surface area (Å²) in [5, 5.41) is 7.18. The van der Waals surface area contributed by atoms with E-state index in [0.717, 1.165) is 31.9 Å². The molecule has 1 aromatic rings. The van der Waals surface area contributed by atoms with Gasteiger partial charge >= 0.3 is 0 Å². The minimum absolute atomic E-state index is 0.0397. The molecule has 0 aliphatic carbocycles. The summed E-state index contributed by atoms with van der Waals surface area (Å²) >= 11 is 0. The summed E-state index contributed by atoms with van der Waals surface area (Å²) in [6.45, 7) is 10.0. The van der Waals surface area contributed by atoms with Crippen LogP contribution in [0.25, 0.3) is 0 Å². The summed E-state index contributed by atoms with van der Waals surface area (Å²) < 4.78 is 1.84. The molecular weight excluding hydrogens is 254 g/mol. The lowest BCUT2D eigenvalue weighted by molar-refractivity contribution is -0.121. The number of carbonyl (C=O) groups is 1. The van der Waals surface area contributed by atoms with Gasteiger partial charge in [-0.1, -0.05) is 0 Å². The van der Waals surface area contributed by atoms with Crippen LogP contribution in [0.3, 0.4) is 0 Å². The van der Waals surface area contributed by atoms with Crippen LogP contribution in [0.2, 0.25) is 0 Å². The number of nitrogens with one attached hydrogen (secondary N) is 1. The zero-order chi connectivity index (χ0) is 14.7. The van der Waals surface area contributed by atoms with Gasteiger partial charge in [0.05, 0.1) is 17.9 Å². The first-order chi connectivity index (χ1) is 9.47. The summed E-state index contributed by atoms with van der Waals surface area (Å²) in [6.07, 6.45) is 3.58. The fourth-order valence-corrected chi connectivity index (χ4v) is 2.31. The van der Waals surface area contributed by atoms with Crippen LogP contribution >= 0.6 is 0 Å². The highest BCUT2D eigenvalue weighted by molar-refractivity contribution is 5.94. The van der Waals surface area contributed by atoms with E-state index in [1.165, 1.54) is 0 Å². The predicted molar refractivity (Wildman–Crippen MR) is 79.8 cm³/mol. The average molecular weight is 279 g/mol. The minimum atomic E-state index is -0.105. The second-order valence-electron chi connectivity index (χ2n) is 5.81. The van der Waals surface area contributed by atoms with Gasteiger partial charge in [-0.15, -0.1) is 0 Å². The van der Waals surface area contributed by atoms with Gasteiger partial charge in [0.1, 0.15) is 0 Å². The fraction of sp³-hybridized carbons (Fsp3) is 0.714. The third kappa shape index (κ3) is 3.58. The van der Waals surface area contributed by atoms with Gasteiger partial charge in [-0.05, 0) is 27.8 Å². The number of rotatable bonds is 4. The van der Waals surface area contributed by atoms with Gasteiger partial charge in [-0.3, -0.25) is 14.4 Å². The van der Waals surface area contributed by atoms with Crippen LogP contribution in [0.15, 0.2) is 12.4 Å². The van der Waals surface area contributed by atoms with E-state index in [0.29, 0.717) is 6.04 Å².